The van der Waals surface area contributed by atoms with E-state index in [4.69, 9.17) is 10.7 Å². The summed E-state index contributed by atoms with van der Waals surface area (Å²) in [5.41, 5.74) is 0.892. The van der Waals surface area contributed by atoms with Gasteiger partial charge in [0.2, 0.25) is 9.05 Å². The van der Waals surface area contributed by atoms with Crippen molar-refractivity contribution >= 4 is 30.8 Å². The molecular formula is C10H9ClN2O3S. The third kappa shape index (κ3) is 2.83. The molecule has 0 N–H and O–H groups in total. The molecule has 7 heteroatoms. The standard InChI is InChI=1S/C10H9ClN2O3S/c11-17(15,16)6-5-13-9-4-2-1-3-8(9)12-7-10(13)14/h1-4,7H,5-6H2. The summed E-state index contributed by atoms with van der Waals surface area (Å²) in [6.07, 6.45) is 1.17. The number of halogens is 1. The minimum Gasteiger partial charge on any atom is -0.304 e. The molecule has 0 atom stereocenters. The Bertz CT molecular complexity index is 709. The van der Waals surface area contributed by atoms with Crippen molar-refractivity contribution in [3.05, 3.63) is 40.8 Å². The van der Waals surface area contributed by atoms with Crippen LogP contribution in [0.1, 0.15) is 0 Å². The summed E-state index contributed by atoms with van der Waals surface area (Å²) in [5, 5.41) is 0. The average molecular weight is 273 g/mol. The van der Waals surface area contributed by atoms with Gasteiger partial charge in [-0.2, -0.15) is 0 Å². The predicted octanol–water partition coefficient (Wildman–Crippen LogP) is 0.965. The van der Waals surface area contributed by atoms with Crippen LogP contribution in [0.3, 0.4) is 0 Å². The number of para-hydroxylation sites is 2. The van der Waals surface area contributed by atoms with Crippen LogP contribution in [-0.2, 0) is 15.6 Å². The highest BCUT2D eigenvalue weighted by molar-refractivity contribution is 8.13. The number of aryl methyl sites for hydroxylation is 1. The first kappa shape index (κ1) is 12.1. The van der Waals surface area contributed by atoms with Crippen LogP contribution in [0.2, 0.25) is 0 Å². The summed E-state index contributed by atoms with van der Waals surface area (Å²) >= 11 is 0. The van der Waals surface area contributed by atoms with E-state index in [0.29, 0.717) is 11.0 Å². The lowest BCUT2D eigenvalue weighted by Crippen LogP contribution is -2.23. The molecule has 1 aromatic carbocycles. The van der Waals surface area contributed by atoms with Gasteiger partial charge in [0.1, 0.15) is 0 Å². The van der Waals surface area contributed by atoms with Crippen LogP contribution in [0.4, 0.5) is 0 Å². The zero-order valence-electron chi connectivity index (χ0n) is 8.71. The molecule has 2 aromatic rings. The molecule has 0 saturated heterocycles. The van der Waals surface area contributed by atoms with Gasteiger partial charge in [0, 0.05) is 17.2 Å². The van der Waals surface area contributed by atoms with E-state index in [-0.39, 0.29) is 17.9 Å². The Balaban J connectivity index is 2.52. The van der Waals surface area contributed by atoms with E-state index in [1.54, 1.807) is 24.3 Å². The Morgan fingerprint density at radius 1 is 1.29 bits per heavy atom. The van der Waals surface area contributed by atoms with E-state index in [9.17, 15) is 13.2 Å². The van der Waals surface area contributed by atoms with Gasteiger partial charge in [-0.25, -0.2) is 13.4 Å². The number of fused-ring (bicyclic) bond motifs is 1. The first-order chi connectivity index (χ1) is 7.97. The quantitative estimate of drug-likeness (QED) is 0.781. The minimum atomic E-state index is -3.62. The Morgan fingerprint density at radius 2 is 2.00 bits per heavy atom. The van der Waals surface area contributed by atoms with E-state index in [2.05, 4.69) is 4.98 Å². The minimum absolute atomic E-state index is 0.0215. The largest absolute Gasteiger partial charge is 0.304 e. The van der Waals surface area contributed by atoms with Crippen LogP contribution in [-0.4, -0.2) is 23.7 Å². The van der Waals surface area contributed by atoms with Crippen molar-refractivity contribution in [3.63, 3.8) is 0 Å². The van der Waals surface area contributed by atoms with E-state index in [1.165, 1.54) is 10.8 Å². The van der Waals surface area contributed by atoms with Crippen LogP contribution in [0.15, 0.2) is 35.3 Å². The van der Waals surface area contributed by atoms with Crippen molar-refractivity contribution < 1.29 is 8.42 Å². The molecule has 0 spiro atoms. The third-order valence-corrected chi connectivity index (χ3v) is 3.44. The maximum absolute atomic E-state index is 11.6. The Hall–Kier alpha value is -1.40. The van der Waals surface area contributed by atoms with Gasteiger partial charge in [0.25, 0.3) is 5.56 Å². The number of hydrogen-bond acceptors (Lipinski definition) is 4. The van der Waals surface area contributed by atoms with Gasteiger partial charge in [0.05, 0.1) is 23.0 Å². The van der Waals surface area contributed by atoms with Crippen LogP contribution in [0.5, 0.6) is 0 Å². The van der Waals surface area contributed by atoms with Crippen LogP contribution < -0.4 is 5.56 Å². The van der Waals surface area contributed by atoms with Gasteiger partial charge in [-0.1, -0.05) is 12.1 Å². The highest BCUT2D eigenvalue weighted by Crippen LogP contribution is 2.08. The van der Waals surface area contributed by atoms with Crippen molar-refractivity contribution in [3.8, 4) is 0 Å². The van der Waals surface area contributed by atoms with Crippen LogP contribution in [0.25, 0.3) is 11.0 Å². The SMILES string of the molecule is O=c1cnc2ccccc2n1CCS(=O)(=O)Cl. The fourth-order valence-electron chi connectivity index (χ4n) is 1.55. The van der Waals surface area contributed by atoms with Crippen molar-refractivity contribution in [2.75, 3.05) is 5.75 Å². The summed E-state index contributed by atoms with van der Waals surface area (Å²) in [6, 6.07) is 7.02. The molecule has 2 rings (SSSR count). The summed E-state index contributed by atoms with van der Waals surface area (Å²) in [6.45, 7) is 0.0215. The molecule has 1 heterocycles. The maximum atomic E-state index is 11.6. The monoisotopic (exact) mass is 272 g/mol. The molecule has 17 heavy (non-hydrogen) atoms. The molecule has 0 saturated carbocycles. The predicted molar refractivity (Wildman–Crippen MR) is 65.6 cm³/mol. The number of hydrogen-bond donors (Lipinski definition) is 0. The molecule has 0 bridgehead atoms. The van der Waals surface area contributed by atoms with Gasteiger partial charge < -0.3 is 4.57 Å². The summed E-state index contributed by atoms with van der Waals surface area (Å²) in [5.74, 6) is -0.289. The Labute approximate surface area is 102 Å². The zero-order valence-corrected chi connectivity index (χ0v) is 10.3. The van der Waals surface area contributed by atoms with Gasteiger partial charge in [0.15, 0.2) is 0 Å². The Morgan fingerprint density at radius 3 is 2.71 bits per heavy atom. The number of benzene rings is 1. The van der Waals surface area contributed by atoms with Crippen molar-refractivity contribution in [1.82, 2.24) is 9.55 Å². The second-order valence-corrected chi connectivity index (χ2v) is 6.38. The Kier molecular flexibility index (Phi) is 3.17. The normalized spacial score (nSPS) is 11.8. The lowest BCUT2D eigenvalue weighted by molar-refractivity contribution is 0.602. The van der Waals surface area contributed by atoms with Crippen LogP contribution in [0, 0.1) is 0 Å². The van der Waals surface area contributed by atoms with Gasteiger partial charge in [-0.05, 0) is 12.1 Å². The smallest absolute Gasteiger partial charge is 0.269 e. The molecule has 1 aromatic heterocycles. The average Bonchev–Trinajstić information content (AvgIpc) is 2.26. The number of nitrogens with zero attached hydrogens (tertiary/aromatic N) is 2. The number of rotatable bonds is 3. The van der Waals surface area contributed by atoms with Crippen molar-refractivity contribution in [2.45, 2.75) is 6.54 Å². The first-order valence-electron chi connectivity index (χ1n) is 4.84. The van der Waals surface area contributed by atoms with E-state index in [0.717, 1.165) is 0 Å². The van der Waals surface area contributed by atoms with E-state index in [1.807, 2.05) is 0 Å². The lowest BCUT2D eigenvalue weighted by atomic mass is 10.3. The first-order valence-corrected chi connectivity index (χ1v) is 7.32. The lowest BCUT2D eigenvalue weighted by Gasteiger charge is -2.07. The molecule has 0 unspecified atom stereocenters. The highest BCUT2D eigenvalue weighted by atomic mass is 35.7. The highest BCUT2D eigenvalue weighted by Gasteiger charge is 2.09. The topological polar surface area (TPSA) is 69.0 Å². The fourth-order valence-corrected chi connectivity index (χ4v) is 2.15. The van der Waals surface area contributed by atoms with E-state index < -0.39 is 9.05 Å². The molecule has 0 aliphatic rings. The zero-order chi connectivity index (χ0) is 12.5. The molecule has 0 aliphatic carbocycles. The molecule has 0 fully saturated rings. The molecule has 0 radical (unpaired) electrons. The maximum Gasteiger partial charge on any atom is 0.269 e. The van der Waals surface area contributed by atoms with Gasteiger partial charge in [-0.15, -0.1) is 0 Å². The molecule has 0 aliphatic heterocycles. The van der Waals surface area contributed by atoms with E-state index >= 15 is 0 Å². The summed E-state index contributed by atoms with van der Waals surface area (Å²) in [4.78, 5) is 15.6. The van der Waals surface area contributed by atoms with Gasteiger partial charge in [-0.3, -0.25) is 4.79 Å². The molecular weight excluding hydrogens is 264 g/mol. The summed E-state index contributed by atoms with van der Waals surface area (Å²) < 4.78 is 23.1. The second-order valence-electron chi connectivity index (χ2n) is 3.48. The second kappa shape index (κ2) is 4.46. The molecule has 0 amide bonds. The van der Waals surface area contributed by atoms with Gasteiger partial charge >= 0.3 is 0 Å². The van der Waals surface area contributed by atoms with Crippen LogP contribution >= 0.6 is 10.7 Å². The fraction of sp³-hybridized carbons (Fsp3) is 0.200. The molecule has 5 nitrogen and oxygen atoms in total. The number of aromatic nitrogens is 2. The van der Waals surface area contributed by atoms with Crippen molar-refractivity contribution in [2.24, 2.45) is 0 Å². The molecule has 90 valence electrons. The summed E-state index contributed by atoms with van der Waals surface area (Å²) in [7, 11) is 1.51. The van der Waals surface area contributed by atoms with Crippen molar-refractivity contribution in [1.29, 1.82) is 0 Å². The third-order valence-electron chi connectivity index (χ3n) is 2.31.